The largest absolute Gasteiger partial charge is 0.151 e. The molecule has 0 aliphatic heterocycles. The molecule has 0 aromatic heterocycles. The van der Waals surface area contributed by atoms with Crippen molar-refractivity contribution in [3.8, 4) is 0 Å². The molecular weight excluding hydrogens is 162 g/mol. The van der Waals surface area contributed by atoms with Crippen LogP contribution >= 0.6 is 0 Å². The van der Waals surface area contributed by atoms with Crippen LogP contribution in [0.4, 0.5) is 0 Å². The van der Waals surface area contributed by atoms with Crippen molar-refractivity contribution in [3.05, 3.63) is 16.6 Å². The van der Waals surface area contributed by atoms with Crippen molar-refractivity contribution < 1.29 is 0 Å². The van der Waals surface area contributed by atoms with Crippen LogP contribution < -0.4 is 0 Å². The van der Waals surface area contributed by atoms with Gasteiger partial charge in [-0.3, -0.25) is 0 Å². The monoisotopic (exact) mass is 183 g/mol. The lowest BCUT2D eigenvalue weighted by Gasteiger charge is -2.22. The zero-order chi connectivity index (χ0) is 10.3. The molecule has 76 valence electrons. The topological polar surface area (TPSA) is 29.4 Å². The van der Waals surface area contributed by atoms with Gasteiger partial charge in [0.25, 0.3) is 0 Å². The van der Waals surface area contributed by atoms with Crippen LogP contribution in [0.5, 0.6) is 0 Å². The molecule has 0 radical (unpaired) electrons. The van der Waals surface area contributed by atoms with Crippen LogP contribution in [0.1, 0.15) is 47.0 Å². The lowest BCUT2D eigenvalue weighted by atomic mass is 9.84. The first kappa shape index (κ1) is 12.3. The van der Waals surface area contributed by atoms with E-state index in [0.29, 0.717) is 6.54 Å². The first-order chi connectivity index (χ1) is 5.98. The van der Waals surface area contributed by atoms with E-state index in [9.17, 15) is 4.91 Å². The quantitative estimate of drug-likeness (QED) is 0.453. The summed E-state index contributed by atoms with van der Waals surface area (Å²) in [5.74, 6) is 0. The second-order valence-corrected chi connectivity index (χ2v) is 4.59. The molecule has 0 saturated carbocycles. The minimum atomic E-state index is 0.250. The smallest absolute Gasteiger partial charge is 0.0816 e. The van der Waals surface area contributed by atoms with Gasteiger partial charge in [-0.05, 0) is 38.5 Å². The van der Waals surface area contributed by atoms with Crippen LogP contribution in [0.25, 0.3) is 0 Å². The van der Waals surface area contributed by atoms with Gasteiger partial charge in [-0.25, -0.2) is 0 Å². The van der Waals surface area contributed by atoms with Gasteiger partial charge in [0.15, 0.2) is 0 Å². The Labute approximate surface area is 81.4 Å². The zero-order valence-corrected chi connectivity index (χ0v) is 9.26. The first-order valence-electron chi connectivity index (χ1n) is 4.90. The fraction of sp³-hybridized carbons (Fsp3) is 0.818. The highest BCUT2D eigenvalue weighted by molar-refractivity contribution is 4.93. The van der Waals surface area contributed by atoms with E-state index in [1.165, 1.54) is 5.57 Å². The van der Waals surface area contributed by atoms with E-state index < -0.39 is 0 Å². The summed E-state index contributed by atoms with van der Waals surface area (Å²) in [5.41, 5.74) is 1.61. The third kappa shape index (κ3) is 7.69. The molecule has 0 aromatic carbocycles. The highest BCUT2D eigenvalue weighted by Crippen LogP contribution is 2.26. The van der Waals surface area contributed by atoms with E-state index in [2.05, 4.69) is 38.9 Å². The molecule has 2 heteroatoms. The molecule has 0 atom stereocenters. The van der Waals surface area contributed by atoms with Crippen molar-refractivity contribution in [2.24, 2.45) is 10.6 Å². The average molecular weight is 183 g/mol. The maximum atomic E-state index is 9.97. The SMILES string of the molecule is CC(C)=CCCC(C)(C)CCN=O. The van der Waals surface area contributed by atoms with Crippen LogP contribution in [0, 0.1) is 10.3 Å². The molecule has 0 unspecified atom stereocenters. The summed E-state index contributed by atoms with van der Waals surface area (Å²) in [6.07, 6.45) is 5.38. The number of rotatable bonds is 6. The van der Waals surface area contributed by atoms with E-state index in [0.717, 1.165) is 19.3 Å². The van der Waals surface area contributed by atoms with Gasteiger partial charge >= 0.3 is 0 Å². The van der Waals surface area contributed by atoms with Gasteiger partial charge in [0.05, 0.1) is 6.54 Å². The molecule has 0 saturated heterocycles. The lowest BCUT2D eigenvalue weighted by molar-refractivity contribution is 0.315. The molecule has 2 nitrogen and oxygen atoms in total. The van der Waals surface area contributed by atoms with Crippen molar-refractivity contribution >= 4 is 0 Å². The van der Waals surface area contributed by atoms with Crippen molar-refractivity contribution in [1.82, 2.24) is 0 Å². The standard InChI is InChI=1S/C11H21NO/c1-10(2)6-5-7-11(3,4)8-9-12-13/h6H,5,7-9H2,1-4H3. The number of hydrogen-bond donors (Lipinski definition) is 0. The second-order valence-electron chi connectivity index (χ2n) is 4.59. The Morgan fingerprint density at radius 2 is 1.92 bits per heavy atom. The van der Waals surface area contributed by atoms with E-state index >= 15 is 0 Å². The van der Waals surface area contributed by atoms with Crippen LogP contribution in [0.3, 0.4) is 0 Å². The minimum absolute atomic E-state index is 0.250. The van der Waals surface area contributed by atoms with Gasteiger partial charge in [-0.1, -0.05) is 30.7 Å². The fourth-order valence-electron chi connectivity index (χ4n) is 1.22. The number of nitrogens with zero attached hydrogens (tertiary/aromatic N) is 1. The molecule has 0 heterocycles. The van der Waals surface area contributed by atoms with Crippen LogP contribution in [-0.4, -0.2) is 6.54 Å². The van der Waals surface area contributed by atoms with Crippen molar-refractivity contribution in [1.29, 1.82) is 0 Å². The second kappa shape index (κ2) is 5.90. The molecule has 0 bridgehead atoms. The van der Waals surface area contributed by atoms with Crippen LogP contribution in [0.15, 0.2) is 16.8 Å². The molecule has 13 heavy (non-hydrogen) atoms. The summed E-state index contributed by atoms with van der Waals surface area (Å²) >= 11 is 0. The van der Waals surface area contributed by atoms with Gasteiger partial charge in [0.2, 0.25) is 0 Å². The Kier molecular flexibility index (Phi) is 5.60. The van der Waals surface area contributed by atoms with Crippen molar-refractivity contribution in [2.75, 3.05) is 6.54 Å². The highest BCUT2D eigenvalue weighted by atomic mass is 16.3. The van der Waals surface area contributed by atoms with E-state index in [1.807, 2.05) is 0 Å². The fourth-order valence-corrected chi connectivity index (χ4v) is 1.22. The van der Waals surface area contributed by atoms with E-state index in [1.54, 1.807) is 0 Å². The first-order valence-corrected chi connectivity index (χ1v) is 4.90. The maximum absolute atomic E-state index is 9.97. The van der Waals surface area contributed by atoms with Gasteiger partial charge in [-0.2, -0.15) is 4.91 Å². The summed E-state index contributed by atoms with van der Waals surface area (Å²) in [5, 5.41) is 2.90. The molecule has 0 aliphatic carbocycles. The maximum Gasteiger partial charge on any atom is 0.0816 e. The Hall–Kier alpha value is -0.660. The third-order valence-electron chi connectivity index (χ3n) is 2.25. The van der Waals surface area contributed by atoms with E-state index in [-0.39, 0.29) is 5.41 Å². The molecule has 0 N–H and O–H groups in total. The van der Waals surface area contributed by atoms with Gasteiger partial charge in [-0.15, -0.1) is 0 Å². The summed E-state index contributed by atoms with van der Waals surface area (Å²) in [7, 11) is 0. The average Bonchev–Trinajstić information content (AvgIpc) is 2.00. The lowest BCUT2D eigenvalue weighted by Crippen LogP contribution is -2.12. The molecule has 0 amide bonds. The van der Waals surface area contributed by atoms with Crippen LogP contribution in [-0.2, 0) is 0 Å². The number of allylic oxidation sites excluding steroid dienone is 2. The summed E-state index contributed by atoms with van der Waals surface area (Å²) in [6, 6.07) is 0. The molecule has 0 aromatic rings. The Balaban J connectivity index is 3.74. The molecule has 0 fully saturated rings. The van der Waals surface area contributed by atoms with E-state index in [4.69, 9.17) is 0 Å². The molecular formula is C11H21NO. The molecule has 0 rings (SSSR count). The van der Waals surface area contributed by atoms with Gasteiger partial charge in [0.1, 0.15) is 0 Å². The highest BCUT2D eigenvalue weighted by Gasteiger charge is 2.16. The number of nitroso groups, excluding NO2 is 1. The van der Waals surface area contributed by atoms with Crippen molar-refractivity contribution in [3.63, 3.8) is 0 Å². The minimum Gasteiger partial charge on any atom is -0.151 e. The van der Waals surface area contributed by atoms with Gasteiger partial charge < -0.3 is 0 Å². The van der Waals surface area contributed by atoms with Gasteiger partial charge in [0, 0.05) is 0 Å². The molecule has 0 spiro atoms. The normalized spacial score (nSPS) is 11.1. The third-order valence-corrected chi connectivity index (χ3v) is 2.25. The van der Waals surface area contributed by atoms with Crippen LogP contribution in [0.2, 0.25) is 0 Å². The predicted molar refractivity (Wildman–Crippen MR) is 57.7 cm³/mol. The Bertz CT molecular complexity index is 179. The Morgan fingerprint density at radius 1 is 1.31 bits per heavy atom. The Morgan fingerprint density at radius 3 is 2.38 bits per heavy atom. The summed E-state index contributed by atoms with van der Waals surface area (Å²) in [4.78, 5) is 9.97. The molecule has 0 aliphatic rings. The van der Waals surface area contributed by atoms with Crippen molar-refractivity contribution in [2.45, 2.75) is 47.0 Å². The zero-order valence-electron chi connectivity index (χ0n) is 9.26. The summed E-state index contributed by atoms with van der Waals surface area (Å²) < 4.78 is 0. The predicted octanol–water partition coefficient (Wildman–Crippen LogP) is 3.92. The summed E-state index contributed by atoms with van der Waals surface area (Å²) in [6.45, 7) is 9.05. The number of hydrogen-bond acceptors (Lipinski definition) is 2.